The molecule has 0 radical (unpaired) electrons. The first-order chi connectivity index (χ1) is 8.15. The zero-order valence-electron chi connectivity index (χ0n) is 10.1. The number of rotatable bonds is 6. The van der Waals surface area contributed by atoms with Gasteiger partial charge in [0.1, 0.15) is 0 Å². The average Bonchev–Trinajstić information content (AvgIpc) is 2.30. The number of unbranched alkanes of at least 4 members (excludes halogenated alkanes) is 2. The molecule has 0 unspecified atom stereocenters. The zero-order valence-corrected chi connectivity index (χ0v) is 10.1. The number of carboxylic acid groups (broad SMARTS) is 1. The maximum atomic E-state index is 11.1. The van der Waals surface area contributed by atoms with Crippen LogP contribution in [0.15, 0.2) is 29.8 Å². The first-order valence-electron chi connectivity index (χ1n) is 5.93. The van der Waals surface area contributed by atoms with E-state index in [1.54, 1.807) is 12.1 Å². The van der Waals surface area contributed by atoms with E-state index in [1.165, 1.54) is 0 Å². The molecule has 92 valence electrons. The van der Waals surface area contributed by atoms with Crippen LogP contribution in [0, 0.1) is 0 Å². The molecule has 0 spiro atoms. The van der Waals surface area contributed by atoms with Crippen LogP contribution < -0.4 is 5.73 Å². The van der Waals surface area contributed by atoms with Gasteiger partial charge in [-0.25, -0.2) is 4.79 Å². The number of hydrogen-bond acceptors (Lipinski definition) is 2. The van der Waals surface area contributed by atoms with Gasteiger partial charge in [0.05, 0.1) is 0 Å². The molecule has 0 aliphatic rings. The van der Waals surface area contributed by atoms with E-state index in [0.29, 0.717) is 17.7 Å². The maximum Gasteiger partial charge on any atom is 0.331 e. The van der Waals surface area contributed by atoms with Crippen LogP contribution in [0.25, 0.3) is 6.08 Å². The summed E-state index contributed by atoms with van der Waals surface area (Å²) >= 11 is 0. The highest BCUT2D eigenvalue weighted by molar-refractivity contribution is 5.93. The van der Waals surface area contributed by atoms with Crippen LogP contribution in [0.1, 0.15) is 38.2 Å². The summed E-state index contributed by atoms with van der Waals surface area (Å²) in [6, 6.07) is 7.30. The quantitative estimate of drug-likeness (QED) is 0.450. The fourth-order valence-corrected chi connectivity index (χ4v) is 1.64. The van der Waals surface area contributed by atoms with Gasteiger partial charge < -0.3 is 10.8 Å². The summed E-state index contributed by atoms with van der Waals surface area (Å²) < 4.78 is 0. The summed E-state index contributed by atoms with van der Waals surface area (Å²) in [5, 5.41) is 9.12. The van der Waals surface area contributed by atoms with Crippen molar-refractivity contribution in [2.45, 2.75) is 32.6 Å². The smallest absolute Gasteiger partial charge is 0.331 e. The first-order valence-corrected chi connectivity index (χ1v) is 5.93. The third-order valence-electron chi connectivity index (χ3n) is 2.65. The molecule has 0 bridgehead atoms. The summed E-state index contributed by atoms with van der Waals surface area (Å²) in [6.07, 6.45) is 5.31. The Kier molecular flexibility index (Phi) is 5.27. The molecule has 0 heterocycles. The topological polar surface area (TPSA) is 63.3 Å². The monoisotopic (exact) mass is 233 g/mol. The van der Waals surface area contributed by atoms with E-state index in [2.05, 4.69) is 6.92 Å². The van der Waals surface area contributed by atoms with Gasteiger partial charge in [-0.1, -0.05) is 38.0 Å². The van der Waals surface area contributed by atoms with Crippen molar-refractivity contribution in [2.75, 3.05) is 5.73 Å². The molecule has 0 aliphatic carbocycles. The van der Waals surface area contributed by atoms with Gasteiger partial charge in [0, 0.05) is 11.3 Å². The Bertz CT molecular complexity index is 410. The number of hydrogen-bond donors (Lipinski definition) is 2. The molecule has 3 nitrogen and oxygen atoms in total. The maximum absolute atomic E-state index is 11.1. The molecule has 1 aromatic rings. The van der Waals surface area contributed by atoms with E-state index in [0.717, 1.165) is 24.8 Å². The van der Waals surface area contributed by atoms with Gasteiger partial charge in [-0.3, -0.25) is 0 Å². The summed E-state index contributed by atoms with van der Waals surface area (Å²) in [5.41, 5.74) is 7.61. The van der Waals surface area contributed by atoms with Gasteiger partial charge in [-0.05, 0) is 30.5 Å². The molecule has 0 saturated carbocycles. The highest BCUT2D eigenvalue weighted by atomic mass is 16.4. The lowest BCUT2D eigenvalue weighted by Gasteiger charge is -2.04. The lowest BCUT2D eigenvalue weighted by Crippen LogP contribution is -2.01. The molecule has 0 atom stereocenters. The van der Waals surface area contributed by atoms with E-state index in [4.69, 9.17) is 10.8 Å². The Morgan fingerprint density at radius 3 is 2.65 bits per heavy atom. The van der Waals surface area contributed by atoms with E-state index in [-0.39, 0.29) is 0 Å². The van der Waals surface area contributed by atoms with Crippen molar-refractivity contribution in [1.82, 2.24) is 0 Å². The van der Waals surface area contributed by atoms with Crippen LogP contribution in [0.5, 0.6) is 0 Å². The Morgan fingerprint density at radius 2 is 2.06 bits per heavy atom. The van der Waals surface area contributed by atoms with Gasteiger partial charge in [0.2, 0.25) is 0 Å². The van der Waals surface area contributed by atoms with Crippen molar-refractivity contribution in [3.8, 4) is 0 Å². The number of carboxylic acids is 1. The average molecular weight is 233 g/mol. The highest BCUT2D eigenvalue weighted by Crippen LogP contribution is 2.18. The molecule has 3 N–H and O–H groups in total. The van der Waals surface area contributed by atoms with Crippen LogP contribution in [-0.2, 0) is 4.79 Å². The fourth-order valence-electron chi connectivity index (χ4n) is 1.64. The second kappa shape index (κ2) is 6.74. The SMILES string of the molecule is CCCCC/C(=C\c1ccccc1N)C(=O)O. The third kappa shape index (κ3) is 4.31. The number of benzene rings is 1. The summed E-state index contributed by atoms with van der Waals surface area (Å²) in [7, 11) is 0. The van der Waals surface area contributed by atoms with Gasteiger partial charge in [0.15, 0.2) is 0 Å². The Hall–Kier alpha value is -1.77. The zero-order chi connectivity index (χ0) is 12.7. The Morgan fingerprint density at radius 1 is 1.35 bits per heavy atom. The molecule has 0 saturated heterocycles. The minimum absolute atomic E-state index is 0.427. The molecule has 0 amide bonds. The lowest BCUT2D eigenvalue weighted by molar-refractivity contribution is -0.132. The van der Waals surface area contributed by atoms with Crippen LogP contribution in [0.3, 0.4) is 0 Å². The number of nitrogen functional groups attached to an aromatic ring is 1. The second-order valence-electron chi connectivity index (χ2n) is 4.06. The summed E-state index contributed by atoms with van der Waals surface area (Å²) in [6.45, 7) is 2.10. The second-order valence-corrected chi connectivity index (χ2v) is 4.06. The summed E-state index contributed by atoms with van der Waals surface area (Å²) in [5.74, 6) is -0.857. The number of aliphatic carboxylic acids is 1. The minimum atomic E-state index is -0.857. The predicted octanol–water partition coefficient (Wildman–Crippen LogP) is 3.32. The molecule has 0 fully saturated rings. The van der Waals surface area contributed by atoms with Crippen molar-refractivity contribution in [3.63, 3.8) is 0 Å². The van der Waals surface area contributed by atoms with Crippen molar-refractivity contribution in [1.29, 1.82) is 0 Å². The predicted molar refractivity (Wildman–Crippen MR) is 70.6 cm³/mol. The van der Waals surface area contributed by atoms with Crippen LogP contribution in [0.4, 0.5) is 5.69 Å². The fraction of sp³-hybridized carbons (Fsp3) is 0.357. The highest BCUT2D eigenvalue weighted by Gasteiger charge is 2.07. The number of carbonyl (C=O) groups is 1. The van der Waals surface area contributed by atoms with Crippen LogP contribution in [0.2, 0.25) is 0 Å². The summed E-state index contributed by atoms with van der Waals surface area (Å²) in [4.78, 5) is 11.1. The van der Waals surface area contributed by atoms with Crippen LogP contribution >= 0.6 is 0 Å². The largest absolute Gasteiger partial charge is 0.478 e. The van der Waals surface area contributed by atoms with Gasteiger partial charge >= 0.3 is 5.97 Å². The molecular weight excluding hydrogens is 214 g/mol. The molecule has 1 aromatic carbocycles. The van der Waals surface area contributed by atoms with Crippen molar-refractivity contribution in [3.05, 3.63) is 35.4 Å². The van der Waals surface area contributed by atoms with E-state index in [1.807, 2.05) is 18.2 Å². The molecule has 3 heteroatoms. The Balaban J connectivity index is 2.83. The van der Waals surface area contributed by atoms with E-state index < -0.39 is 5.97 Å². The van der Waals surface area contributed by atoms with Crippen molar-refractivity contribution >= 4 is 17.7 Å². The molecule has 0 aliphatic heterocycles. The van der Waals surface area contributed by atoms with Gasteiger partial charge in [0.25, 0.3) is 0 Å². The van der Waals surface area contributed by atoms with Crippen molar-refractivity contribution < 1.29 is 9.90 Å². The lowest BCUT2D eigenvalue weighted by atomic mass is 10.0. The number of para-hydroxylation sites is 1. The number of anilines is 1. The van der Waals surface area contributed by atoms with E-state index in [9.17, 15) is 4.79 Å². The molecule has 17 heavy (non-hydrogen) atoms. The van der Waals surface area contributed by atoms with Gasteiger partial charge in [-0.2, -0.15) is 0 Å². The normalized spacial score (nSPS) is 11.5. The Labute approximate surface area is 102 Å². The van der Waals surface area contributed by atoms with Gasteiger partial charge in [-0.15, -0.1) is 0 Å². The number of nitrogens with two attached hydrogens (primary N) is 1. The van der Waals surface area contributed by atoms with Crippen LogP contribution in [-0.4, -0.2) is 11.1 Å². The molecule has 0 aromatic heterocycles. The molecular formula is C14H19NO2. The third-order valence-corrected chi connectivity index (χ3v) is 2.65. The standard InChI is InChI=1S/C14H19NO2/c1-2-3-4-8-12(14(16)17)10-11-7-5-6-9-13(11)15/h5-7,9-10H,2-4,8,15H2,1H3,(H,16,17)/b12-10+. The van der Waals surface area contributed by atoms with E-state index >= 15 is 0 Å². The minimum Gasteiger partial charge on any atom is -0.478 e. The molecule has 1 rings (SSSR count). The first kappa shape index (κ1) is 13.3. The van der Waals surface area contributed by atoms with Crippen molar-refractivity contribution in [2.24, 2.45) is 0 Å².